The minimum atomic E-state index is -0.110. The molecule has 1 nitrogen and oxygen atoms in total. The Bertz CT molecular complexity index is 244. The monoisotopic (exact) mass is 164 g/mol. The van der Waals surface area contributed by atoms with Crippen LogP contribution in [0.1, 0.15) is 26.7 Å². The van der Waals surface area contributed by atoms with E-state index in [1.165, 1.54) is 0 Å². The van der Waals surface area contributed by atoms with Crippen molar-refractivity contribution >= 4 is 0 Å². The molecule has 1 heteroatoms. The fraction of sp³-hybridized carbons (Fsp3) is 0.455. The highest BCUT2D eigenvalue weighted by Crippen LogP contribution is 2.33. The molecule has 0 radical (unpaired) electrons. The van der Waals surface area contributed by atoms with Crippen LogP contribution in [0.3, 0.4) is 0 Å². The van der Waals surface area contributed by atoms with Gasteiger partial charge in [-0.3, -0.25) is 0 Å². The van der Waals surface area contributed by atoms with Crippen LogP contribution in [-0.2, 0) is 0 Å². The van der Waals surface area contributed by atoms with Crippen LogP contribution < -0.4 is 0 Å². The Hall–Kier alpha value is -0.980. The summed E-state index contributed by atoms with van der Waals surface area (Å²) in [6, 6.07) is 0. The Labute approximate surface area is 74.1 Å². The standard InChI is InChI=1S/C11H16O/c1-4-11(2,3)9-7-5-6-8-10(9)12/h4-5,7,12H,1,6,8H2,2-3H3. The first kappa shape index (κ1) is 9.11. The highest BCUT2D eigenvalue weighted by molar-refractivity contribution is 5.34. The lowest BCUT2D eigenvalue weighted by Gasteiger charge is -2.24. The van der Waals surface area contributed by atoms with Gasteiger partial charge in [0, 0.05) is 11.8 Å². The molecule has 0 aromatic rings. The van der Waals surface area contributed by atoms with Crippen LogP contribution in [0.15, 0.2) is 36.1 Å². The lowest BCUT2D eigenvalue weighted by molar-refractivity contribution is 0.365. The molecule has 66 valence electrons. The third kappa shape index (κ3) is 1.60. The second kappa shape index (κ2) is 3.18. The smallest absolute Gasteiger partial charge is 0.0966 e. The van der Waals surface area contributed by atoms with Gasteiger partial charge in [0.05, 0.1) is 5.76 Å². The van der Waals surface area contributed by atoms with Crippen molar-refractivity contribution in [1.29, 1.82) is 0 Å². The maximum atomic E-state index is 9.62. The summed E-state index contributed by atoms with van der Waals surface area (Å²) in [6.07, 6.45) is 7.68. The van der Waals surface area contributed by atoms with Crippen molar-refractivity contribution < 1.29 is 5.11 Å². The van der Waals surface area contributed by atoms with Crippen molar-refractivity contribution in [3.63, 3.8) is 0 Å². The van der Waals surface area contributed by atoms with E-state index in [-0.39, 0.29) is 5.41 Å². The number of rotatable bonds is 2. The molecule has 0 aromatic heterocycles. The first-order valence-electron chi connectivity index (χ1n) is 4.30. The van der Waals surface area contributed by atoms with E-state index in [4.69, 9.17) is 0 Å². The third-order valence-corrected chi connectivity index (χ3v) is 2.35. The first-order valence-corrected chi connectivity index (χ1v) is 4.30. The predicted molar refractivity (Wildman–Crippen MR) is 52.0 cm³/mol. The topological polar surface area (TPSA) is 20.2 Å². The quantitative estimate of drug-likeness (QED) is 0.620. The summed E-state index contributed by atoms with van der Waals surface area (Å²) in [5, 5.41) is 9.62. The van der Waals surface area contributed by atoms with Crippen molar-refractivity contribution in [1.82, 2.24) is 0 Å². The van der Waals surface area contributed by atoms with Gasteiger partial charge in [-0.15, -0.1) is 6.58 Å². The third-order valence-electron chi connectivity index (χ3n) is 2.35. The number of aliphatic hydroxyl groups excluding tert-OH is 1. The molecule has 1 N–H and O–H groups in total. The normalized spacial score (nSPS) is 18.2. The van der Waals surface area contributed by atoms with Gasteiger partial charge in [-0.1, -0.05) is 32.1 Å². The van der Waals surface area contributed by atoms with Crippen molar-refractivity contribution in [3.8, 4) is 0 Å². The summed E-state index contributed by atoms with van der Waals surface area (Å²) in [6.45, 7) is 7.88. The fourth-order valence-electron chi connectivity index (χ4n) is 1.35. The van der Waals surface area contributed by atoms with Gasteiger partial charge in [0.15, 0.2) is 0 Å². The summed E-state index contributed by atoms with van der Waals surface area (Å²) in [7, 11) is 0. The average Bonchev–Trinajstić information content (AvgIpc) is 2.05. The van der Waals surface area contributed by atoms with Gasteiger partial charge in [-0.2, -0.15) is 0 Å². The van der Waals surface area contributed by atoms with Gasteiger partial charge < -0.3 is 5.11 Å². The lowest BCUT2D eigenvalue weighted by Crippen LogP contribution is -2.13. The number of aliphatic hydroxyl groups is 1. The van der Waals surface area contributed by atoms with Crippen LogP contribution in [-0.4, -0.2) is 5.11 Å². The summed E-state index contributed by atoms with van der Waals surface area (Å²) in [4.78, 5) is 0. The molecule has 1 aliphatic carbocycles. The van der Waals surface area contributed by atoms with E-state index in [1.807, 2.05) is 12.2 Å². The number of hydrogen-bond donors (Lipinski definition) is 1. The Kier molecular flexibility index (Phi) is 2.41. The Morgan fingerprint density at radius 2 is 2.25 bits per heavy atom. The van der Waals surface area contributed by atoms with Crippen LogP contribution in [0.4, 0.5) is 0 Å². The molecule has 0 saturated carbocycles. The molecule has 0 unspecified atom stereocenters. The van der Waals surface area contributed by atoms with Crippen molar-refractivity contribution in [3.05, 3.63) is 36.1 Å². The van der Waals surface area contributed by atoms with Gasteiger partial charge in [0.2, 0.25) is 0 Å². The van der Waals surface area contributed by atoms with Crippen LogP contribution in [0.2, 0.25) is 0 Å². The second-order valence-corrected chi connectivity index (χ2v) is 3.73. The maximum absolute atomic E-state index is 9.62. The van der Waals surface area contributed by atoms with E-state index in [0.29, 0.717) is 5.76 Å². The summed E-state index contributed by atoms with van der Waals surface area (Å²) in [5.74, 6) is 0.516. The molecule has 0 aromatic carbocycles. The summed E-state index contributed by atoms with van der Waals surface area (Å²) < 4.78 is 0. The largest absolute Gasteiger partial charge is 0.512 e. The zero-order chi connectivity index (χ0) is 9.19. The summed E-state index contributed by atoms with van der Waals surface area (Å²) in [5.41, 5.74) is 0.893. The van der Waals surface area contributed by atoms with Gasteiger partial charge in [0.1, 0.15) is 0 Å². The number of hydrogen-bond acceptors (Lipinski definition) is 1. The van der Waals surface area contributed by atoms with Crippen molar-refractivity contribution in [2.24, 2.45) is 5.41 Å². The average molecular weight is 164 g/mol. The minimum absolute atomic E-state index is 0.110. The van der Waals surface area contributed by atoms with Crippen LogP contribution in [0, 0.1) is 5.41 Å². The van der Waals surface area contributed by atoms with Crippen molar-refractivity contribution in [2.75, 3.05) is 0 Å². The Morgan fingerprint density at radius 3 is 2.75 bits per heavy atom. The Morgan fingerprint density at radius 1 is 1.58 bits per heavy atom. The predicted octanol–water partition coefficient (Wildman–Crippen LogP) is 3.36. The van der Waals surface area contributed by atoms with Crippen molar-refractivity contribution in [2.45, 2.75) is 26.7 Å². The van der Waals surface area contributed by atoms with Gasteiger partial charge in [-0.05, 0) is 12.0 Å². The molecule has 0 aliphatic heterocycles. The van der Waals surface area contributed by atoms with Crippen LogP contribution in [0.5, 0.6) is 0 Å². The molecule has 0 bridgehead atoms. The van der Waals surface area contributed by atoms with E-state index in [9.17, 15) is 5.11 Å². The molecular weight excluding hydrogens is 148 g/mol. The van der Waals surface area contributed by atoms with E-state index in [1.54, 1.807) is 0 Å². The molecule has 0 saturated heterocycles. The zero-order valence-electron chi connectivity index (χ0n) is 7.80. The molecule has 0 atom stereocenters. The fourth-order valence-corrected chi connectivity index (χ4v) is 1.35. The summed E-state index contributed by atoms with van der Waals surface area (Å²) >= 11 is 0. The van der Waals surface area contributed by atoms with E-state index >= 15 is 0 Å². The highest BCUT2D eigenvalue weighted by Gasteiger charge is 2.22. The zero-order valence-corrected chi connectivity index (χ0v) is 7.80. The maximum Gasteiger partial charge on any atom is 0.0966 e. The second-order valence-electron chi connectivity index (χ2n) is 3.73. The Balaban J connectivity index is 3.00. The molecule has 1 rings (SSSR count). The lowest BCUT2D eigenvalue weighted by atomic mass is 9.81. The molecule has 1 aliphatic rings. The molecule has 0 fully saturated rings. The molecule has 12 heavy (non-hydrogen) atoms. The van der Waals surface area contributed by atoms with Gasteiger partial charge in [-0.25, -0.2) is 0 Å². The van der Waals surface area contributed by atoms with E-state index < -0.39 is 0 Å². The van der Waals surface area contributed by atoms with Gasteiger partial charge >= 0.3 is 0 Å². The van der Waals surface area contributed by atoms with Gasteiger partial charge in [0.25, 0.3) is 0 Å². The highest BCUT2D eigenvalue weighted by atomic mass is 16.3. The number of allylic oxidation sites excluding steroid dienone is 5. The molecular formula is C11H16O. The minimum Gasteiger partial charge on any atom is -0.512 e. The van der Waals surface area contributed by atoms with Crippen LogP contribution >= 0.6 is 0 Å². The SMILES string of the molecule is C=CC(C)(C)C1=C(O)CCC=C1. The molecule has 0 heterocycles. The molecule has 0 spiro atoms. The van der Waals surface area contributed by atoms with E-state index in [0.717, 1.165) is 18.4 Å². The van der Waals surface area contributed by atoms with E-state index in [2.05, 4.69) is 26.5 Å². The first-order chi connectivity index (χ1) is 5.58. The molecule has 0 amide bonds. The van der Waals surface area contributed by atoms with Crippen LogP contribution in [0.25, 0.3) is 0 Å².